The van der Waals surface area contributed by atoms with E-state index in [2.05, 4.69) is 15.7 Å². The normalized spacial score (nSPS) is 10.3. The summed E-state index contributed by atoms with van der Waals surface area (Å²) in [6, 6.07) is 6.37. The standard InChI is InChI=1S/C11H14N4O3/c1-15(2)14-13-9-5-3-8(4-6-9)11(18)12-7-10(16)17/h3-6H,7H2,1-2H3,(H,12,18)(H,16,17). The highest BCUT2D eigenvalue weighted by molar-refractivity contribution is 5.95. The van der Waals surface area contributed by atoms with Gasteiger partial charge in [0.15, 0.2) is 0 Å². The second kappa shape index (κ2) is 6.33. The largest absolute Gasteiger partial charge is 0.480 e. The van der Waals surface area contributed by atoms with E-state index in [0.29, 0.717) is 11.3 Å². The lowest BCUT2D eigenvalue weighted by molar-refractivity contribution is -0.135. The fourth-order valence-corrected chi connectivity index (χ4v) is 1.08. The van der Waals surface area contributed by atoms with Gasteiger partial charge in [-0.25, -0.2) is 0 Å². The number of carboxylic acids is 1. The van der Waals surface area contributed by atoms with Gasteiger partial charge in [0.25, 0.3) is 5.91 Å². The van der Waals surface area contributed by atoms with Crippen molar-refractivity contribution < 1.29 is 14.7 Å². The highest BCUT2D eigenvalue weighted by Gasteiger charge is 2.06. The topological polar surface area (TPSA) is 94.4 Å². The highest BCUT2D eigenvalue weighted by atomic mass is 16.4. The molecule has 0 bridgehead atoms. The Morgan fingerprint density at radius 3 is 2.39 bits per heavy atom. The number of nitrogens with zero attached hydrogens (tertiary/aromatic N) is 3. The molecule has 0 spiro atoms. The Morgan fingerprint density at radius 1 is 1.28 bits per heavy atom. The molecule has 0 heterocycles. The molecular formula is C11H14N4O3. The second-order valence-electron chi connectivity index (χ2n) is 3.66. The lowest BCUT2D eigenvalue weighted by atomic mass is 10.2. The van der Waals surface area contributed by atoms with Gasteiger partial charge < -0.3 is 10.4 Å². The van der Waals surface area contributed by atoms with E-state index in [1.54, 1.807) is 43.4 Å². The van der Waals surface area contributed by atoms with Gasteiger partial charge >= 0.3 is 5.97 Å². The first kappa shape index (κ1) is 13.6. The summed E-state index contributed by atoms with van der Waals surface area (Å²) in [5.41, 5.74) is 0.985. The number of carboxylic acid groups (broad SMARTS) is 1. The molecule has 0 aromatic heterocycles. The van der Waals surface area contributed by atoms with Crippen molar-refractivity contribution >= 4 is 17.6 Å². The molecule has 1 aromatic rings. The summed E-state index contributed by atoms with van der Waals surface area (Å²) in [7, 11) is 3.49. The molecule has 7 nitrogen and oxygen atoms in total. The zero-order valence-corrected chi connectivity index (χ0v) is 10.1. The van der Waals surface area contributed by atoms with Crippen molar-refractivity contribution in [1.82, 2.24) is 10.3 Å². The van der Waals surface area contributed by atoms with Crippen LogP contribution in [0.25, 0.3) is 0 Å². The number of hydrogen-bond acceptors (Lipinski definition) is 4. The van der Waals surface area contributed by atoms with Crippen molar-refractivity contribution in [3.8, 4) is 0 Å². The van der Waals surface area contributed by atoms with Crippen LogP contribution in [0.4, 0.5) is 5.69 Å². The second-order valence-corrected chi connectivity index (χ2v) is 3.66. The summed E-state index contributed by atoms with van der Waals surface area (Å²) in [5.74, 6) is -1.52. The fraction of sp³-hybridized carbons (Fsp3) is 0.273. The predicted octanol–water partition coefficient (Wildman–Crippen LogP) is 1.06. The molecule has 0 aliphatic carbocycles. The molecule has 1 amide bonds. The van der Waals surface area contributed by atoms with Gasteiger partial charge in [-0.2, -0.15) is 0 Å². The lowest BCUT2D eigenvalue weighted by Gasteiger charge is -2.03. The van der Waals surface area contributed by atoms with Crippen molar-refractivity contribution in [2.45, 2.75) is 0 Å². The van der Waals surface area contributed by atoms with E-state index in [-0.39, 0.29) is 0 Å². The molecule has 1 rings (SSSR count). The zero-order valence-electron chi connectivity index (χ0n) is 10.1. The molecule has 0 atom stereocenters. The molecule has 2 N–H and O–H groups in total. The number of nitrogens with one attached hydrogen (secondary N) is 1. The molecule has 0 unspecified atom stereocenters. The summed E-state index contributed by atoms with van der Waals surface area (Å²) in [6.45, 7) is -0.402. The summed E-state index contributed by atoms with van der Waals surface area (Å²) in [4.78, 5) is 21.8. The smallest absolute Gasteiger partial charge is 0.322 e. The van der Waals surface area contributed by atoms with Crippen LogP contribution in [0.5, 0.6) is 0 Å². The maximum atomic E-state index is 11.5. The maximum absolute atomic E-state index is 11.5. The van der Waals surface area contributed by atoms with Gasteiger partial charge in [0, 0.05) is 19.7 Å². The van der Waals surface area contributed by atoms with Crippen LogP contribution < -0.4 is 5.32 Å². The average Bonchev–Trinajstić information content (AvgIpc) is 2.34. The van der Waals surface area contributed by atoms with Gasteiger partial charge in [0.2, 0.25) is 0 Å². The van der Waals surface area contributed by atoms with Gasteiger partial charge in [0.05, 0.1) is 5.69 Å². The number of hydrogen-bond donors (Lipinski definition) is 2. The summed E-state index contributed by atoms with van der Waals surface area (Å²) < 4.78 is 0. The summed E-state index contributed by atoms with van der Waals surface area (Å²) in [6.07, 6.45) is 0. The van der Waals surface area contributed by atoms with E-state index in [4.69, 9.17) is 5.11 Å². The lowest BCUT2D eigenvalue weighted by Crippen LogP contribution is -2.29. The van der Waals surface area contributed by atoms with Crippen molar-refractivity contribution in [1.29, 1.82) is 0 Å². The number of carbonyl (C=O) groups is 2. The molecule has 7 heteroatoms. The molecule has 0 aliphatic rings. The number of aliphatic carboxylic acids is 1. The van der Waals surface area contributed by atoms with Crippen molar-refractivity contribution in [2.24, 2.45) is 10.3 Å². The fourth-order valence-electron chi connectivity index (χ4n) is 1.08. The molecule has 1 aromatic carbocycles. The minimum absolute atomic E-state index is 0.375. The summed E-state index contributed by atoms with van der Waals surface area (Å²) in [5, 5.41) is 20.0. The van der Waals surface area contributed by atoms with Gasteiger partial charge in [-0.3, -0.25) is 14.6 Å². The first-order valence-corrected chi connectivity index (χ1v) is 5.18. The first-order valence-electron chi connectivity index (χ1n) is 5.18. The monoisotopic (exact) mass is 250 g/mol. The van der Waals surface area contributed by atoms with Gasteiger partial charge in [-0.05, 0) is 24.3 Å². The third-order valence-electron chi connectivity index (χ3n) is 1.87. The number of rotatable bonds is 5. The van der Waals surface area contributed by atoms with Gasteiger partial charge in [-0.1, -0.05) is 5.22 Å². The molecule has 96 valence electrons. The number of carbonyl (C=O) groups excluding carboxylic acids is 1. The van der Waals surface area contributed by atoms with E-state index in [1.165, 1.54) is 0 Å². The SMILES string of the molecule is CN(C)N=Nc1ccc(C(=O)NCC(=O)O)cc1. The molecule has 18 heavy (non-hydrogen) atoms. The van der Waals surface area contributed by atoms with Crippen LogP contribution in [0.1, 0.15) is 10.4 Å². The first-order chi connectivity index (χ1) is 8.49. The molecule has 0 fully saturated rings. The Balaban J connectivity index is 2.65. The quantitative estimate of drug-likeness (QED) is 0.603. The summed E-state index contributed by atoms with van der Waals surface area (Å²) >= 11 is 0. The Labute approximate surface area is 104 Å². The third kappa shape index (κ3) is 4.60. The Bertz CT molecular complexity index is 454. The minimum atomic E-state index is -1.08. The van der Waals surface area contributed by atoms with Crippen LogP contribution in [0.2, 0.25) is 0 Å². The highest BCUT2D eigenvalue weighted by Crippen LogP contribution is 2.13. The third-order valence-corrected chi connectivity index (χ3v) is 1.87. The molecule has 0 aliphatic heterocycles. The van der Waals surface area contributed by atoms with Gasteiger partial charge in [0.1, 0.15) is 6.54 Å². The number of amides is 1. The predicted molar refractivity (Wildman–Crippen MR) is 64.6 cm³/mol. The van der Waals surface area contributed by atoms with Crippen molar-refractivity contribution in [3.63, 3.8) is 0 Å². The Hall–Kier alpha value is -2.44. The maximum Gasteiger partial charge on any atom is 0.322 e. The van der Waals surface area contributed by atoms with E-state index in [1.807, 2.05) is 0 Å². The van der Waals surface area contributed by atoms with E-state index in [9.17, 15) is 9.59 Å². The van der Waals surface area contributed by atoms with Crippen LogP contribution in [0.15, 0.2) is 34.6 Å². The van der Waals surface area contributed by atoms with E-state index >= 15 is 0 Å². The van der Waals surface area contributed by atoms with Crippen LogP contribution >= 0.6 is 0 Å². The van der Waals surface area contributed by atoms with Crippen LogP contribution in [-0.2, 0) is 4.79 Å². The van der Waals surface area contributed by atoms with Crippen LogP contribution in [0, 0.1) is 0 Å². The van der Waals surface area contributed by atoms with E-state index in [0.717, 1.165) is 0 Å². The van der Waals surface area contributed by atoms with Crippen molar-refractivity contribution in [3.05, 3.63) is 29.8 Å². The number of benzene rings is 1. The molecular weight excluding hydrogens is 236 g/mol. The van der Waals surface area contributed by atoms with Gasteiger partial charge in [-0.15, -0.1) is 5.11 Å². The van der Waals surface area contributed by atoms with Crippen LogP contribution in [-0.4, -0.2) is 42.6 Å². The Kier molecular flexibility index (Phi) is 4.79. The van der Waals surface area contributed by atoms with Crippen LogP contribution in [0.3, 0.4) is 0 Å². The van der Waals surface area contributed by atoms with Crippen molar-refractivity contribution in [2.75, 3.05) is 20.6 Å². The molecule has 0 radical (unpaired) electrons. The molecule has 0 saturated carbocycles. The minimum Gasteiger partial charge on any atom is -0.480 e. The average molecular weight is 250 g/mol. The zero-order chi connectivity index (χ0) is 13.5. The Morgan fingerprint density at radius 2 is 1.89 bits per heavy atom. The molecule has 0 saturated heterocycles. The van der Waals surface area contributed by atoms with E-state index < -0.39 is 18.4 Å².